The van der Waals surface area contributed by atoms with Crippen LogP contribution in [0.2, 0.25) is 0 Å². The Bertz CT molecular complexity index is 1070. The van der Waals surface area contributed by atoms with E-state index in [9.17, 15) is 8.78 Å². The molecule has 3 aromatic rings. The minimum Gasteiger partial charge on any atom is -0.356 e. The molecular weight excluding hydrogens is 388 g/mol. The molecule has 1 aliphatic rings. The molecule has 1 atom stereocenters. The monoisotopic (exact) mass is 413 g/mol. The van der Waals surface area contributed by atoms with Crippen LogP contribution in [0.1, 0.15) is 41.4 Å². The number of aromatic nitrogens is 3. The highest BCUT2D eigenvalue weighted by atomic mass is 19.2. The summed E-state index contributed by atoms with van der Waals surface area (Å²) in [4.78, 5) is 13.4. The lowest BCUT2D eigenvalue weighted by atomic mass is 10.0. The summed E-state index contributed by atoms with van der Waals surface area (Å²) < 4.78 is 32.6. The van der Waals surface area contributed by atoms with Crippen LogP contribution in [0, 0.1) is 25.5 Å². The molecule has 0 saturated carbocycles. The maximum absolute atomic E-state index is 13.7. The summed E-state index contributed by atoms with van der Waals surface area (Å²) in [5.41, 5.74) is 4.21. The minimum absolute atomic E-state index is 0.0135. The largest absolute Gasteiger partial charge is 0.356 e. The number of likely N-dealkylation sites (tertiary alicyclic amines) is 1. The highest BCUT2D eigenvalue weighted by Gasteiger charge is 2.32. The summed E-state index contributed by atoms with van der Waals surface area (Å²) in [7, 11) is 3.80. The van der Waals surface area contributed by atoms with Gasteiger partial charge in [-0.2, -0.15) is 0 Å². The molecule has 0 unspecified atom stereocenters. The molecule has 0 radical (unpaired) electrons. The second-order valence-corrected chi connectivity index (χ2v) is 7.96. The maximum atomic E-state index is 13.7. The Morgan fingerprint density at radius 2 is 2.00 bits per heavy atom. The molecule has 0 bridgehead atoms. The Morgan fingerprint density at radius 1 is 1.20 bits per heavy atom. The number of aryl methyl sites for hydroxylation is 1. The number of halogens is 2. The van der Waals surface area contributed by atoms with Gasteiger partial charge in [-0.15, -0.1) is 0 Å². The zero-order valence-corrected chi connectivity index (χ0v) is 17.6. The molecule has 6 nitrogen and oxygen atoms in total. The molecule has 1 fully saturated rings. The maximum Gasteiger partial charge on any atom is 0.225 e. The minimum atomic E-state index is -0.832. The Balaban J connectivity index is 1.74. The lowest BCUT2D eigenvalue weighted by Gasteiger charge is -2.26. The van der Waals surface area contributed by atoms with Gasteiger partial charge in [-0.05, 0) is 50.9 Å². The number of anilines is 1. The molecule has 30 heavy (non-hydrogen) atoms. The quantitative estimate of drug-likeness (QED) is 0.617. The van der Waals surface area contributed by atoms with Gasteiger partial charge in [0.15, 0.2) is 17.4 Å². The standard InChI is InChI=1S/C22H25F2N5O/c1-13-14(2)27-30-21(13)16-11-25-22(28(3)4)26-20(16)19-6-5-9-29(19)12-15-7-8-17(23)18(24)10-15/h7-8,10-11,19H,5-6,9,12H2,1-4H3/t19-/m1/s1. The van der Waals surface area contributed by atoms with Crippen molar-refractivity contribution in [3.05, 3.63) is 58.5 Å². The van der Waals surface area contributed by atoms with Crippen molar-refractivity contribution in [3.63, 3.8) is 0 Å². The van der Waals surface area contributed by atoms with E-state index in [1.165, 1.54) is 12.1 Å². The predicted molar refractivity (Wildman–Crippen MR) is 110 cm³/mol. The van der Waals surface area contributed by atoms with E-state index >= 15 is 0 Å². The molecule has 4 rings (SSSR count). The van der Waals surface area contributed by atoms with Crippen molar-refractivity contribution in [1.82, 2.24) is 20.0 Å². The molecule has 0 spiro atoms. The van der Waals surface area contributed by atoms with Gasteiger partial charge in [-0.1, -0.05) is 11.2 Å². The molecule has 1 saturated heterocycles. The molecule has 0 amide bonds. The fourth-order valence-corrected chi connectivity index (χ4v) is 3.89. The third-order valence-corrected chi connectivity index (χ3v) is 5.66. The first-order valence-electron chi connectivity index (χ1n) is 10.0. The second kappa shape index (κ2) is 8.10. The van der Waals surface area contributed by atoms with Crippen molar-refractivity contribution in [3.8, 4) is 11.3 Å². The molecule has 0 aliphatic carbocycles. The van der Waals surface area contributed by atoms with E-state index in [-0.39, 0.29) is 6.04 Å². The van der Waals surface area contributed by atoms with E-state index < -0.39 is 11.6 Å². The fourth-order valence-electron chi connectivity index (χ4n) is 3.89. The smallest absolute Gasteiger partial charge is 0.225 e. The van der Waals surface area contributed by atoms with Gasteiger partial charge >= 0.3 is 0 Å². The van der Waals surface area contributed by atoms with Crippen LogP contribution in [0.5, 0.6) is 0 Å². The lowest BCUT2D eigenvalue weighted by molar-refractivity contribution is 0.244. The molecule has 1 aromatic carbocycles. The van der Waals surface area contributed by atoms with Gasteiger partial charge in [0.1, 0.15) is 0 Å². The van der Waals surface area contributed by atoms with Crippen LogP contribution in [-0.4, -0.2) is 40.7 Å². The Morgan fingerprint density at radius 3 is 2.67 bits per heavy atom. The van der Waals surface area contributed by atoms with E-state index in [1.54, 1.807) is 12.3 Å². The van der Waals surface area contributed by atoms with Crippen molar-refractivity contribution in [1.29, 1.82) is 0 Å². The molecule has 0 N–H and O–H groups in total. The number of rotatable bonds is 5. The first-order valence-corrected chi connectivity index (χ1v) is 10.0. The van der Waals surface area contributed by atoms with Gasteiger partial charge < -0.3 is 9.42 Å². The number of benzene rings is 1. The lowest BCUT2D eigenvalue weighted by Crippen LogP contribution is -2.25. The van der Waals surface area contributed by atoms with Crippen LogP contribution in [0.25, 0.3) is 11.3 Å². The van der Waals surface area contributed by atoms with Crippen LogP contribution >= 0.6 is 0 Å². The zero-order valence-electron chi connectivity index (χ0n) is 17.6. The van der Waals surface area contributed by atoms with Crippen LogP contribution < -0.4 is 4.90 Å². The van der Waals surface area contributed by atoms with E-state index in [4.69, 9.17) is 9.51 Å². The van der Waals surface area contributed by atoms with Gasteiger partial charge in [0.05, 0.1) is 23.0 Å². The predicted octanol–water partition coefficient (Wildman–Crippen LogP) is 4.43. The van der Waals surface area contributed by atoms with Crippen LogP contribution in [0.3, 0.4) is 0 Å². The summed E-state index contributed by atoms with van der Waals surface area (Å²) in [5, 5.41) is 4.09. The Kier molecular flexibility index (Phi) is 5.51. The zero-order chi connectivity index (χ0) is 21.4. The fraction of sp³-hybridized carbons (Fsp3) is 0.409. The van der Waals surface area contributed by atoms with Crippen molar-refractivity contribution in [2.45, 2.75) is 39.3 Å². The number of hydrogen-bond acceptors (Lipinski definition) is 6. The van der Waals surface area contributed by atoms with Crippen LogP contribution in [0.15, 0.2) is 28.9 Å². The van der Waals surface area contributed by atoms with Crippen LogP contribution in [-0.2, 0) is 6.54 Å². The Labute approximate surface area is 174 Å². The molecule has 3 heterocycles. The molecular formula is C22H25F2N5O. The van der Waals surface area contributed by atoms with Gasteiger partial charge in [0, 0.05) is 32.4 Å². The average molecular weight is 413 g/mol. The third kappa shape index (κ3) is 3.79. The van der Waals surface area contributed by atoms with E-state index in [0.29, 0.717) is 18.3 Å². The van der Waals surface area contributed by atoms with Crippen molar-refractivity contribution >= 4 is 5.95 Å². The first kappa shape index (κ1) is 20.4. The van der Waals surface area contributed by atoms with Gasteiger partial charge in [-0.25, -0.2) is 18.7 Å². The highest BCUT2D eigenvalue weighted by Crippen LogP contribution is 2.39. The molecule has 158 valence electrons. The summed E-state index contributed by atoms with van der Waals surface area (Å²) in [6, 6.07) is 4.08. The molecule has 8 heteroatoms. The average Bonchev–Trinajstić information content (AvgIpc) is 3.31. The summed E-state index contributed by atoms with van der Waals surface area (Å²) in [6.45, 7) is 5.23. The van der Waals surface area contributed by atoms with E-state index in [2.05, 4.69) is 15.0 Å². The summed E-state index contributed by atoms with van der Waals surface area (Å²) in [6.07, 6.45) is 3.69. The normalized spacial score (nSPS) is 16.9. The van der Waals surface area contributed by atoms with Gasteiger partial charge in [0.25, 0.3) is 0 Å². The highest BCUT2D eigenvalue weighted by molar-refractivity contribution is 5.65. The SMILES string of the molecule is Cc1noc(-c2cnc(N(C)C)nc2[C@H]2CCCN2Cc2ccc(F)c(F)c2)c1C. The van der Waals surface area contributed by atoms with Gasteiger partial charge in [0.2, 0.25) is 5.95 Å². The van der Waals surface area contributed by atoms with Crippen molar-refractivity contribution in [2.24, 2.45) is 0 Å². The Hall–Kier alpha value is -2.87. The van der Waals surface area contributed by atoms with E-state index in [1.807, 2.05) is 32.8 Å². The third-order valence-electron chi connectivity index (χ3n) is 5.66. The van der Waals surface area contributed by atoms with E-state index in [0.717, 1.165) is 47.5 Å². The van der Waals surface area contributed by atoms with Crippen molar-refractivity contribution in [2.75, 3.05) is 25.5 Å². The van der Waals surface area contributed by atoms with Crippen molar-refractivity contribution < 1.29 is 13.3 Å². The number of hydrogen-bond donors (Lipinski definition) is 0. The van der Waals surface area contributed by atoms with Gasteiger partial charge in [-0.3, -0.25) is 4.90 Å². The molecule has 1 aliphatic heterocycles. The van der Waals surface area contributed by atoms with Crippen LogP contribution in [0.4, 0.5) is 14.7 Å². The molecule has 2 aromatic heterocycles. The summed E-state index contributed by atoms with van der Waals surface area (Å²) >= 11 is 0. The second-order valence-electron chi connectivity index (χ2n) is 7.96. The number of nitrogens with zero attached hydrogens (tertiary/aromatic N) is 5. The summed E-state index contributed by atoms with van der Waals surface area (Å²) in [5.74, 6) is -0.370. The first-order chi connectivity index (χ1) is 14.3. The topological polar surface area (TPSA) is 58.3 Å².